The minimum atomic E-state index is 0.297. The number of anilines is 1. The number of hydrogen-bond acceptors (Lipinski definition) is 5. The highest BCUT2D eigenvalue weighted by atomic mass is 16.1. The summed E-state index contributed by atoms with van der Waals surface area (Å²) < 4.78 is 0. The Kier molecular flexibility index (Phi) is 4.63. The molecule has 2 aromatic heterocycles. The number of pyridine rings is 2. The maximum atomic E-state index is 11.6. The predicted molar refractivity (Wildman–Crippen MR) is 104 cm³/mol. The number of nitrogens with zero attached hydrogens (tertiary/aromatic N) is 2. The molecule has 5 nitrogen and oxygen atoms in total. The Labute approximate surface area is 152 Å². The number of nitrogens with two attached hydrogens (primary N) is 1. The number of carbonyl (C=O) groups is 1. The van der Waals surface area contributed by atoms with Gasteiger partial charge in [0, 0.05) is 36.1 Å². The quantitative estimate of drug-likeness (QED) is 0.703. The summed E-state index contributed by atoms with van der Waals surface area (Å²) in [5.74, 6) is 0. The second-order valence-corrected chi connectivity index (χ2v) is 6.93. The minimum Gasteiger partial charge on any atom is -0.381 e. The highest BCUT2D eigenvalue weighted by Crippen LogP contribution is 2.32. The number of fused-ring (bicyclic) bond motifs is 1. The Bertz CT molecular complexity index is 918. The molecule has 1 fully saturated rings. The van der Waals surface area contributed by atoms with Crippen LogP contribution in [0.15, 0.2) is 48.9 Å². The van der Waals surface area contributed by atoms with Crippen molar-refractivity contribution in [2.75, 3.05) is 5.32 Å². The van der Waals surface area contributed by atoms with Crippen molar-refractivity contribution < 1.29 is 4.79 Å². The zero-order valence-electron chi connectivity index (χ0n) is 14.6. The molecule has 2 heterocycles. The summed E-state index contributed by atoms with van der Waals surface area (Å²) in [6, 6.07) is 10.7. The molecule has 1 aliphatic rings. The summed E-state index contributed by atoms with van der Waals surface area (Å²) in [5.41, 5.74) is 10.5. The van der Waals surface area contributed by atoms with Crippen molar-refractivity contribution >= 4 is 22.9 Å². The van der Waals surface area contributed by atoms with Crippen molar-refractivity contribution in [3.05, 3.63) is 54.5 Å². The number of rotatable bonds is 4. The van der Waals surface area contributed by atoms with E-state index in [4.69, 9.17) is 5.73 Å². The SMILES string of the molecule is N[C@H]1CC[C@H](Nc2c(C=O)cnc3ccc(-c4ccncc4)cc23)CC1. The Hall–Kier alpha value is -2.79. The molecule has 0 radical (unpaired) electrons. The molecule has 1 aliphatic carbocycles. The van der Waals surface area contributed by atoms with Gasteiger partial charge in [-0.3, -0.25) is 14.8 Å². The molecule has 0 saturated heterocycles. The van der Waals surface area contributed by atoms with E-state index in [1.54, 1.807) is 18.6 Å². The molecular weight excluding hydrogens is 324 g/mol. The lowest BCUT2D eigenvalue weighted by atomic mass is 9.91. The normalized spacial score (nSPS) is 20.0. The summed E-state index contributed by atoms with van der Waals surface area (Å²) in [6.07, 6.45) is 10.2. The molecule has 0 aliphatic heterocycles. The maximum Gasteiger partial charge on any atom is 0.153 e. The molecule has 3 N–H and O–H groups in total. The van der Waals surface area contributed by atoms with Gasteiger partial charge in [0.2, 0.25) is 0 Å². The molecule has 1 saturated carbocycles. The third kappa shape index (κ3) is 3.30. The van der Waals surface area contributed by atoms with E-state index in [1.807, 2.05) is 18.2 Å². The first-order valence-electron chi connectivity index (χ1n) is 9.05. The fraction of sp³-hybridized carbons (Fsp3) is 0.286. The zero-order valence-corrected chi connectivity index (χ0v) is 14.6. The number of carbonyl (C=O) groups excluding carboxylic acids is 1. The Morgan fingerprint density at radius 2 is 1.81 bits per heavy atom. The predicted octanol–water partition coefficient (Wildman–Crippen LogP) is 3.79. The molecule has 0 amide bonds. The van der Waals surface area contributed by atoms with Crippen molar-refractivity contribution in [3.63, 3.8) is 0 Å². The Morgan fingerprint density at radius 1 is 1.04 bits per heavy atom. The second kappa shape index (κ2) is 7.22. The lowest BCUT2D eigenvalue weighted by molar-refractivity contribution is 0.112. The molecule has 0 unspecified atom stereocenters. The molecule has 1 aromatic carbocycles. The summed E-state index contributed by atoms with van der Waals surface area (Å²) in [6.45, 7) is 0. The van der Waals surface area contributed by atoms with Crippen LogP contribution < -0.4 is 11.1 Å². The van der Waals surface area contributed by atoms with Crippen LogP contribution in [0.5, 0.6) is 0 Å². The van der Waals surface area contributed by atoms with Crippen molar-refractivity contribution in [1.82, 2.24) is 9.97 Å². The van der Waals surface area contributed by atoms with Crippen LogP contribution in [-0.4, -0.2) is 28.3 Å². The molecule has 132 valence electrons. The number of hydrogen-bond donors (Lipinski definition) is 2. The van der Waals surface area contributed by atoms with Crippen LogP contribution in [0.1, 0.15) is 36.0 Å². The first-order chi connectivity index (χ1) is 12.7. The van der Waals surface area contributed by atoms with Gasteiger partial charge >= 0.3 is 0 Å². The van der Waals surface area contributed by atoms with E-state index in [1.165, 1.54) is 0 Å². The van der Waals surface area contributed by atoms with Gasteiger partial charge in [-0.15, -0.1) is 0 Å². The fourth-order valence-corrected chi connectivity index (χ4v) is 3.65. The number of aromatic nitrogens is 2. The highest BCUT2D eigenvalue weighted by Gasteiger charge is 2.20. The topological polar surface area (TPSA) is 80.9 Å². The number of nitrogens with one attached hydrogen (secondary N) is 1. The van der Waals surface area contributed by atoms with Gasteiger partial charge in [-0.2, -0.15) is 0 Å². The van der Waals surface area contributed by atoms with Gasteiger partial charge in [0.25, 0.3) is 0 Å². The van der Waals surface area contributed by atoms with Crippen LogP contribution in [0.4, 0.5) is 5.69 Å². The van der Waals surface area contributed by atoms with Gasteiger partial charge in [-0.05, 0) is 61.1 Å². The van der Waals surface area contributed by atoms with Gasteiger partial charge in [-0.25, -0.2) is 0 Å². The van der Waals surface area contributed by atoms with E-state index in [9.17, 15) is 4.79 Å². The van der Waals surface area contributed by atoms with Crippen LogP contribution in [0, 0.1) is 0 Å². The van der Waals surface area contributed by atoms with E-state index in [2.05, 4.69) is 27.4 Å². The van der Waals surface area contributed by atoms with E-state index < -0.39 is 0 Å². The minimum absolute atomic E-state index is 0.297. The van der Waals surface area contributed by atoms with Crippen LogP contribution >= 0.6 is 0 Å². The molecule has 3 aromatic rings. The van der Waals surface area contributed by atoms with Gasteiger partial charge in [0.05, 0.1) is 16.8 Å². The van der Waals surface area contributed by atoms with E-state index in [0.29, 0.717) is 17.6 Å². The number of benzene rings is 1. The van der Waals surface area contributed by atoms with Crippen LogP contribution in [0.25, 0.3) is 22.0 Å². The first-order valence-corrected chi connectivity index (χ1v) is 9.05. The Balaban J connectivity index is 1.77. The summed E-state index contributed by atoms with van der Waals surface area (Å²) in [7, 11) is 0. The van der Waals surface area contributed by atoms with Gasteiger partial charge in [-0.1, -0.05) is 6.07 Å². The van der Waals surface area contributed by atoms with Gasteiger partial charge in [0.15, 0.2) is 6.29 Å². The van der Waals surface area contributed by atoms with Gasteiger partial charge in [0.1, 0.15) is 0 Å². The molecular formula is C21H22N4O. The van der Waals surface area contributed by atoms with E-state index >= 15 is 0 Å². The first kappa shape index (κ1) is 16.7. The lowest BCUT2D eigenvalue weighted by Gasteiger charge is -2.28. The zero-order chi connectivity index (χ0) is 17.9. The second-order valence-electron chi connectivity index (χ2n) is 6.93. The van der Waals surface area contributed by atoms with Crippen molar-refractivity contribution in [2.45, 2.75) is 37.8 Å². The van der Waals surface area contributed by atoms with E-state index in [0.717, 1.165) is 59.7 Å². The van der Waals surface area contributed by atoms with Crippen LogP contribution in [-0.2, 0) is 0 Å². The molecule has 0 bridgehead atoms. The summed E-state index contributed by atoms with van der Waals surface area (Å²) >= 11 is 0. The van der Waals surface area contributed by atoms with Crippen LogP contribution in [0.2, 0.25) is 0 Å². The molecule has 5 heteroatoms. The molecule has 0 spiro atoms. The van der Waals surface area contributed by atoms with Crippen molar-refractivity contribution in [2.24, 2.45) is 5.73 Å². The fourth-order valence-electron chi connectivity index (χ4n) is 3.65. The monoisotopic (exact) mass is 346 g/mol. The van der Waals surface area contributed by atoms with E-state index in [-0.39, 0.29) is 0 Å². The Morgan fingerprint density at radius 3 is 2.54 bits per heavy atom. The molecule has 26 heavy (non-hydrogen) atoms. The molecule has 0 atom stereocenters. The summed E-state index contributed by atoms with van der Waals surface area (Å²) in [4.78, 5) is 20.1. The third-order valence-corrected chi connectivity index (χ3v) is 5.16. The highest BCUT2D eigenvalue weighted by molar-refractivity contribution is 6.01. The van der Waals surface area contributed by atoms with Gasteiger partial charge < -0.3 is 11.1 Å². The average Bonchev–Trinajstić information content (AvgIpc) is 2.70. The van der Waals surface area contributed by atoms with Crippen molar-refractivity contribution in [1.29, 1.82) is 0 Å². The standard InChI is InChI=1S/C21H22N4O/c22-17-2-4-18(5-3-17)25-21-16(13-26)12-24-20-6-1-15(11-19(20)21)14-7-9-23-10-8-14/h1,6-13,17-18H,2-5,22H2,(H,24,25)/t17-,18-. The average molecular weight is 346 g/mol. The largest absolute Gasteiger partial charge is 0.381 e. The van der Waals surface area contributed by atoms with Crippen LogP contribution in [0.3, 0.4) is 0 Å². The maximum absolute atomic E-state index is 11.6. The third-order valence-electron chi connectivity index (χ3n) is 5.16. The summed E-state index contributed by atoms with van der Waals surface area (Å²) in [5, 5.41) is 4.57. The number of aldehydes is 1. The smallest absolute Gasteiger partial charge is 0.153 e. The van der Waals surface area contributed by atoms with Crippen molar-refractivity contribution in [3.8, 4) is 11.1 Å². The molecule has 4 rings (SSSR count). The lowest BCUT2D eigenvalue weighted by Crippen LogP contribution is -2.33.